The fourth-order valence-electron chi connectivity index (χ4n) is 3.62. The summed E-state index contributed by atoms with van der Waals surface area (Å²) in [6.07, 6.45) is 2.98. The number of nitrogens with one attached hydrogen (secondary N) is 1. The molecule has 1 N–H and O–H groups in total. The summed E-state index contributed by atoms with van der Waals surface area (Å²) in [5.41, 5.74) is 3.93. The minimum absolute atomic E-state index is 0.152. The highest BCUT2D eigenvalue weighted by Gasteiger charge is 2.32. The van der Waals surface area contributed by atoms with Crippen LogP contribution in [0.2, 0.25) is 0 Å². The Morgan fingerprint density at radius 3 is 2.52 bits per heavy atom. The highest BCUT2D eigenvalue weighted by atomic mass is 19.1. The summed E-state index contributed by atoms with van der Waals surface area (Å²) < 4.78 is 15.5. The van der Waals surface area contributed by atoms with E-state index in [0.717, 1.165) is 29.9 Å². The molecule has 4 rings (SSSR count). The van der Waals surface area contributed by atoms with Gasteiger partial charge in [0.2, 0.25) is 0 Å². The lowest BCUT2D eigenvalue weighted by Crippen LogP contribution is -2.44. The molecule has 1 atom stereocenters. The minimum atomic E-state index is -0.281. The van der Waals surface area contributed by atoms with E-state index in [-0.39, 0.29) is 17.9 Å². The maximum Gasteiger partial charge on any atom is 0.322 e. The number of carbonyl (C=O) groups excluding carboxylic acids is 1. The fourth-order valence-corrected chi connectivity index (χ4v) is 3.62. The van der Waals surface area contributed by atoms with Gasteiger partial charge in [-0.1, -0.05) is 31.2 Å². The largest absolute Gasteiger partial charge is 0.348 e. The van der Waals surface area contributed by atoms with Gasteiger partial charge in [-0.05, 0) is 53.9 Å². The van der Waals surface area contributed by atoms with Gasteiger partial charge >= 0.3 is 6.03 Å². The number of halogens is 1. The van der Waals surface area contributed by atoms with Gasteiger partial charge < -0.3 is 14.8 Å². The Morgan fingerprint density at radius 2 is 1.81 bits per heavy atom. The van der Waals surface area contributed by atoms with E-state index < -0.39 is 0 Å². The first kappa shape index (κ1) is 17.3. The van der Waals surface area contributed by atoms with Crippen molar-refractivity contribution >= 4 is 11.7 Å². The summed E-state index contributed by atoms with van der Waals surface area (Å²) >= 11 is 0. The average molecular weight is 363 g/mol. The molecule has 2 aromatic carbocycles. The first-order valence-corrected chi connectivity index (χ1v) is 9.23. The summed E-state index contributed by atoms with van der Waals surface area (Å²) in [6, 6.07) is 17.9. The number of urea groups is 1. The topological polar surface area (TPSA) is 37.3 Å². The second kappa shape index (κ2) is 7.27. The van der Waals surface area contributed by atoms with Crippen LogP contribution in [0.4, 0.5) is 14.9 Å². The molecule has 1 aliphatic heterocycles. The van der Waals surface area contributed by atoms with E-state index in [9.17, 15) is 9.18 Å². The lowest BCUT2D eigenvalue weighted by atomic mass is 10.0. The molecule has 27 heavy (non-hydrogen) atoms. The third-order valence-electron chi connectivity index (χ3n) is 5.10. The predicted octanol–water partition coefficient (Wildman–Crippen LogP) is 4.83. The summed E-state index contributed by atoms with van der Waals surface area (Å²) in [4.78, 5) is 14.9. The number of hydrogen-bond acceptors (Lipinski definition) is 1. The summed E-state index contributed by atoms with van der Waals surface area (Å²) in [5, 5.41) is 3.00. The Kier molecular flexibility index (Phi) is 4.67. The number of aromatic nitrogens is 1. The van der Waals surface area contributed by atoms with E-state index in [1.54, 1.807) is 12.1 Å². The van der Waals surface area contributed by atoms with Crippen LogP contribution in [-0.2, 0) is 13.0 Å². The number of rotatable bonds is 3. The highest BCUT2D eigenvalue weighted by molar-refractivity contribution is 5.90. The zero-order valence-corrected chi connectivity index (χ0v) is 15.2. The SMILES string of the molecule is CCc1ccc(NC(=O)N2CCn3cccc3C2c2ccc(F)cc2)cc1. The van der Waals surface area contributed by atoms with Gasteiger partial charge in [0.1, 0.15) is 5.82 Å². The first-order chi connectivity index (χ1) is 13.2. The van der Waals surface area contributed by atoms with Crippen LogP contribution in [0.1, 0.15) is 29.8 Å². The second-order valence-electron chi connectivity index (χ2n) is 6.75. The third kappa shape index (κ3) is 3.45. The van der Waals surface area contributed by atoms with E-state index in [2.05, 4.69) is 16.8 Å². The van der Waals surface area contributed by atoms with Gasteiger partial charge in [0.05, 0.1) is 6.04 Å². The minimum Gasteiger partial charge on any atom is -0.348 e. The smallest absolute Gasteiger partial charge is 0.322 e. The van der Waals surface area contributed by atoms with Crippen LogP contribution in [0.5, 0.6) is 0 Å². The number of anilines is 1. The molecule has 2 amide bonds. The molecule has 0 saturated heterocycles. The molecule has 1 unspecified atom stereocenters. The molecule has 5 heteroatoms. The number of fused-ring (bicyclic) bond motifs is 1. The van der Waals surface area contributed by atoms with Gasteiger partial charge in [-0.25, -0.2) is 9.18 Å². The van der Waals surface area contributed by atoms with Crippen molar-refractivity contribution in [1.82, 2.24) is 9.47 Å². The van der Waals surface area contributed by atoms with E-state index in [1.165, 1.54) is 17.7 Å². The number of amides is 2. The molecule has 0 radical (unpaired) electrons. The van der Waals surface area contributed by atoms with Crippen molar-refractivity contribution in [3.8, 4) is 0 Å². The third-order valence-corrected chi connectivity index (χ3v) is 5.10. The van der Waals surface area contributed by atoms with Crippen molar-refractivity contribution in [2.24, 2.45) is 0 Å². The molecule has 2 heterocycles. The molecule has 138 valence electrons. The summed E-state index contributed by atoms with van der Waals surface area (Å²) in [7, 11) is 0. The molecular weight excluding hydrogens is 341 g/mol. The molecule has 0 bridgehead atoms. The zero-order valence-electron chi connectivity index (χ0n) is 15.2. The number of nitrogens with zero attached hydrogens (tertiary/aromatic N) is 2. The molecule has 1 aliphatic rings. The van der Waals surface area contributed by atoms with Crippen molar-refractivity contribution < 1.29 is 9.18 Å². The van der Waals surface area contributed by atoms with Crippen LogP contribution in [0.25, 0.3) is 0 Å². The number of carbonyl (C=O) groups is 1. The van der Waals surface area contributed by atoms with Crippen LogP contribution in [0.3, 0.4) is 0 Å². The maximum absolute atomic E-state index is 13.4. The van der Waals surface area contributed by atoms with Crippen molar-refractivity contribution in [3.63, 3.8) is 0 Å². The zero-order chi connectivity index (χ0) is 18.8. The molecule has 1 aromatic heterocycles. The molecular formula is C22H22FN3O. The van der Waals surface area contributed by atoms with Crippen LogP contribution < -0.4 is 5.32 Å². The predicted molar refractivity (Wildman–Crippen MR) is 104 cm³/mol. The van der Waals surface area contributed by atoms with Crippen molar-refractivity contribution in [1.29, 1.82) is 0 Å². The van der Waals surface area contributed by atoms with Crippen molar-refractivity contribution in [2.75, 3.05) is 11.9 Å². The van der Waals surface area contributed by atoms with Gasteiger partial charge in [-0.15, -0.1) is 0 Å². The maximum atomic E-state index is 13.4. The Labute approximate surface area is 158 Å². The summed E-state index contributed by atoms with van der Waals surface area (Å²) in [5.74, 6) is -0.281. The summed E-state index contributed by atoms with van der Waals surface area (Å²) in [6.45, 7) is 3.43. The number of hydrogen-bond donors (Lipinski definition) is 1. The molecule has 0 saturated carbocycles. The lowest BCUT2D eigenvalue weighted by Gasteiger charge is -2.37. The van der Waals surface area contributed by atoms with Crippen LogP contribution in [0, 0.1) is 5.82 Å². The number of benzene rings is 2. The van der Waals surface area contributed by atoms with E-state index in [4.69, 9.17) is 0 Å². The highest BCUT2D eigenvalue weighted by Crippen LogP contribution is 2.33. The van der Waals surface area contributed by atoms with Gasteiger partial charge in [0.25, 0.3) is 0 Å². The molecule has 0 fully saturated rings. The second-order valence-corrected chi connectivity index (χ2v) is 6.75. The monoisotopic (exact) mass is 363 g/mol. The fraction of sp³-hybridized carbons (Fsp3) is 0.227. The van der Waals surface area contributed by atoms with Gasteiger partial charge in [-0.3, -0.25) is 0 Å². The normalized spacial score (nSPS) is 16.1. The van der Waals surface area contributed by atoms with E-state index in [0.29, 0.717) is 6.54 Å². The molecule has 0 aliphatic carbocycles. The Balaban J connectivity index is 1.63. The van der Waals surface area contributed by atoms with Crippen molar-refractivity contribution in [2.45, 2.75) is 25.9 Å². The molecule has 4 nitrogen and oxygen atoms in total. The van der Waals surface area contributed by atoms with Crippen molar-refractivity contribution in [3.05, 3.63) is 89.5 Å². The lowest BCUT2D eigenvalue weighted by molar-refractivity contribution is 0.182. The van der Waals surface area contributed by atoms with E-state index >= 15 is 0 Å². The quantitative estimate of drug-likeness (QED) is 0.711. The van der Waals surface area contributed by atoms with Crippen LogP contribution >= 0.6 is 0 Å². The van der Waals surface area contributed by atoms with Gasteiger partial charge in [0, 0.05) is 30.7 Å². The standard InChI is InChI=1S/C22H22FN3O/c1-2-16-5-11-19(12-6-16)24-22(27)26-15-14-25-13-3-4-20(25)21(26)17-7-9-18(23)10-8-17/h3-13,21H,2,14-15H2,1H3,(H,24,27). The average Bonchev–Trinajstić information content (AvgIpc) is 3.17. The Bertz CT molecular complexity index is 931. The van der Waals surface area contributed by atoms with Gasteiger partial charge in [0.15, 0.2) is 0 Å². The molecule has 0 spiro atoms. The Hall–Kier alpha value is -3.08. The first-order valence-electron chi connectivity index (χ1n) is 9.23. The van der Waals surface area contributed by atoms with Crippen LogP contribution in [-0.4, -0.2) is 22.0 Å². The van der Waals surface area contributed by atoms with Crippen LogP contribution in [0.15, 0.2) is 66.9 Å². The number of aryl methyl sites for hydroxylation is 1. The van der Waals surface area contributed by atoms with Gasteiger partial charge in [-0.2, -0.15) is 0 Å². The van der Waals surface area contributed by atoms with E-state index in [1.807, 2.05) is 47.5 Å². The molecule has 3 aromatic rings. The Morgan fingerprint density at radius 1 is 1.07 bits per heavy atom.